The molecule has 2 unspecified atom stereocenters. The minimum atomic E-state index is 0.0242. The van der Waals surface area contributed by atoms with Gasteiger partial charge in [-0.25, -0.2) is 0 Å². The average molecular weight is 461 g/mol. The summed E-state index contributed by atoms with van der Waals surface area (Å²) in [4.78, 5) is 13.9. The van der Waals surface area contributed by atoms with Crippen molar-refractivity contribution in [3.8, 4) is 11.5 Å². The first kappa shape index (κ1) is 22.8. The van der Waals surface area contributed by atoms with Crippen LogP contribution in [-0.4, -0.2) is 30.7 Å². The van der Waals surface area contributed by atoms with Gasteiger partial charge >= 0.3 is 0 Å². The van der Waals surface area contributed by atoms with Crippen LogP contribution in [0.25, 0.3) is 10.9 Å². The quantitative estimate of drug-likeness (QED) is 0.494. The summed E-state index contributed by atoms with van der Waals surface area (Å²) in [6.07, 6.45) is 3.67. The van der Waals surface area contributed by atoms with E-state index in [1.165, 1.54) is 19.3 Å². The Kier molecular flexibility index (Phi) is 5.42. The summed E-state index contributed by atoms with van der Waals surface area (Å²) >= 11 is 0. The van der Waals surface area contributed by atoms with Crippen molar-refractivity contribution in [3.63, 3.8) is 0 Å². The fourth-order valence-corrected chi connectivity index (χ4v) is 6.93. The number of ether oxygens (including phenoxy) is 2. The Morgan fingerprint density at radius 3 is 2.44 bits per heavy atom. The lowest BCUT2D eigenvalue weighted by atomic mass is 9.68. The van der Waals surface area contributed by atoms with Crippen LogP contribution >= 0.6 is 0 Å². The lowest BCUT2D eigenvalue weighted by Crippen LogP contribution is -2.52. The van der Waals surface area contributed by atoms with E-state index in [1.807, 2.05) is 37.3 Å². The van der Waals surface area contributed by atoms with Gasteiger partial charge in [0.05, 0.1) is 25.3 Å². The van der Waals surface area contributed by atoms with Gasteiger partial charge < -0.3 is 19.4 Å². The van der Waals surface area contributed by atoms with Gasteiger partial charge in [-0.05, 0) is 66.7 Å². The molecule has 5 nitrogen and oxygen atoms in total. The lowest BCUT2D eigenvalue weighted by molar-refractivity contribution is 0.0738. The lowest BCUT2D eigenvalue weighted by Gasteiger charge is -2.43. The molecule has 0 saturated heterocycles. The van der Waals surface area contributed by atoms with E-state index in [4.69, 9.17) is 9.47 Å². The summed E-state index contributed by atoms with van der Waals surface area (Å²) in [7, 11) is 3.36. The average Bonchev–Trinajstić information content (AvgIpc) is 3.41. The Bertz CT molecular complexity index is 1240. The minimum Gasteiger partial charge on any atom is -0.497 e. The summed E-state index contributed by atoms with van der Waals surface area (Å²) in [6, 6.07) is 14.2. The number of rotatable bonds is 6. The molecule has 5 rings (SSSR count). The fourth-order valence-electron chi connectivity index (χ4n) is 6.93. The largest absolute Gasteiger partial charge is 0.497 e. The Hall–Kier alpha value is -2.95. The maximum Gasteiger partial charge on any atom is 0.253 e. The van der Waals surface area contributed by atoms with Crippen molar-refractivity contribution in [1.82, 2.24) is 9.88 Å². The van der Waals surface area contributed by atoms with Crippen LogP contribution in [0.5, 0.6) is 11.5 Å². The molecule has 2 bridgehead atoms. The monoisotopic (exact) mass is 460 g/mol. The normalized spacial score (nSPS) is 25.0. The third-order valence-corrected chi connectivity index (χ3v) is 8.80. The molecule has 2 aliphatic rings. The van der Waals surface area contributed by atoms with Crippen LogP contribution in [0.15, 0.2) is 42.5 Å². The molecule has 1 aromatic heterocycles. The van der Waals surface area contributed by atoms with Gasteiger partial charge in [0.15, 0.2) is 0 Å². The van der Waals surface area contributed by atoms with Gasteiger partial charge in [0.25, 0.3) is 5.91 Å². The zero-order valence-electron chi connectivity index (χ0n) is 21.2. The first-order valence-electron chi connectivity index (χ1n) is 12.3. The first-order chi connectivity index (χ1) is 16.2. The summed E-state index contributed by atoms with van der Waals surface area (Å²) in [5.74, 6) is 2.31. The van der Waals surface area contributed by atoms with E-state index in [1.54, 1.807) is 14.2 Å². The highest BCUT2D eigenvalue weighted by atomic mass is 16.5. The molecule has 2 aliphatic carbocycles. The number of para-hydroxylation sites is 1. The summed E-state index contributed by atoms with van der Waals surface area (Å²) < 4.78 is 13.3. The van der Waals surface area contributed by atoms with Gasteiger partial charge in [-0.3, -0.25) is 4.79 Å². The molecule has 0 radical (unpaired) electrons. The van der Waals surface area contributed by atoms with Crippen molar-refractivity contribution >= 4 is 16.8 Å². The second kappa shape index (κ2) is 8.07. The SMILES string of the molecule is COc1ccc(Cn2c(C)c(C(=O)NC3C4(C)CC[C@@H](C4)C3(C)C)c3cccc(OC)c32)cc1. The summed E-state index contributed by atoms with van der Waals surface area (Å²) in [5, 5.41) is 4.45. The molecule has 3 atom stereocenters. The number of amides is 1. The molecular formula is C29H36N2O3. The van der Waals surface area contributed by atoms with Crippen molar-refractivity contribution in [1.29, 1.82) is 0 Å². The van der Waals surface area contributed by atoms with Crippen molar-refractivity contribution in [2.45, 2.75) is 59.5 Å². The molecule has 3 aromatic rings. The number of nitrogens with zero attached hydrogens (tertiary/aromatic N) is 1. The van der Waals surface area contributed by atoms with Gasteiger partial charge in [-0.15, -0.1) is 0 Å². The third kappa shape index (κ3) is 3.40. The molecular weight excluding hydrogens is 424 g/mol. The Labute approximate surface area is 202 Å². The molecule has 34 heavy (non-hydrogen) atoms. The van der Waals surface area contributed by atoms with Crippen LogP contribution < -0.4 is 14.8 Å². The zero-order chi connectivity index (χ0) is 24.3. The number of methoxy groups -OCH3 is 2. The zero-order valence-corrected chi connectivity index (χ0v) is 21.2. The highest BCUT2D eigenvalue weighted by molar-refractivity contribution is 6.10. The van der Waals surface area contributed by atoms with Crippen molar-refractivity contribution in [2.75, 3.05) is 14.2 Å². The standard InChI is InChI=1S/C29H36N2O3/c1-18-24(26(32)30-27-28(2,3)20-14-15-29(27,4)16-20)22-8-7-9-23(34-6)25(22)31(18)17-19-10-12-21(33-5)13-11-19/h7-13,20,27H,14-17H2,1-6H3,(H,30,32)/t20-,27?,29?/m0/s1. The smallest absolute Gasteiger partial charge is 0.253 e. The van der Waals surface area contributed by atoms with E-state index in [0.717, 1.165) is 39.2 Å². The van der Waals surface area contributed by atoms with Crippen LogP contribution in [0.1, 0.15) is 61.6 Å². The number of hydrogen-bond donors (Lipinski definition) is 1. The number of carbonyl (C=O) groups is 1. The number of fused-ring (bicyclic) bond motifs is 3. The van der Waals surface area contributed by atoms with Gasteiger partial charge in [-0.2, -0.15) is 0 Å². The molecule has 1 amide bonds. The highest BCUT2D eigenvalue weighted by Gasteiger charge is 2.59. The van der Waals surface area contributed by atoms with Crippen molar-refractivity contribution in [2.24, 2.45) is 16.7 Å². The van der Waals surface area contributed by atoms with Gasteiger partial charge in [0, 0.05) is 23.7 Å². The van der Waals surface area contributed by atoms with Crippen LogP contribution in [0.2, 0.25) is 0 Å². The van der Waals surface area contributed by atoms with E-state index in [9.17, 15) is 4.79 Å². The molecule has 2 saturated carbocycles. The molecule has 0 aliphatic heterocycles. The number of hydrogen-bond acceptors (Lipinski definition) is 3. The van der Waals surface area contributed by atoms with Crippen LogP contribution in [0.3, 0.4) is 0 Å². The summed E-state index contributed by atoms with van der Waals surface area (Å²) in [5.41, 5.74) is 4.10. The predicted molar refractivity (Wildman–Crippen MR) is 136 cm³/mol. The summed E-state index contributed by atoms with van der Waals surface area (Å²) in [6.45, 7) is 9.71. The second-order valence-corrected chi connectivity index (χ2v) is 11.1. The van der Waals surface area contributed by atoms with Crippen molar-refractivity contribution in [3.05, 3.63) is 59.3 Å². The number of carbonyl (C=O) groups excluding carboxylic acids is 1. The molecule has 0 spiro atoms. The third-order valence-electron chi connectivity index (χ3n) is 8.80. The Balaban J connectivity index is 1.56. The van der Waals surface area contributed by atoms with Gasteiger partial charge in [0.1, 0.15) is 11.5 Å². The molecule has 5 heteroatoms. The number of aromatic nitrogens is 1. The number of nitrogens with one attached hydrogen (secondary N) is 1. The van der Waals surface area contributed by atoms with Crippen LogP contribution in [-0.2, 0) is 6.54 Å². The maximum atomic E-state index is 13.9. The van der Waals surface area contributed by atoms with Crippen LogP contribution in [0.4, 0.5) is 0 Å². The second-order valence-electron chi connectivity index (χ2n) is 11.1. The van der Waals surface area contributed by atoms with Gasteiger partial charge in [-0.1, -0.05) is 45.0 Å². The van der Waals surface area contributed by atoms with E-state index >= 15 is 0 Å². The molecule has 180 valence electrons. The first-order valence-corrected chi connectivity index (χ1v) is 12.3. The van der Waals surface area contributed by atoms with E-state index in [0.29, 0.717) is 12.5 Å². The van der Waals surface area contributed by atoms with Gasteiger partial charge in [0.2, 0.25) is 0 Å². The maximum absolute atomic E-state index is 13.9. The predicted octanol–water partition coefficient (Wildman–Crippen LogP) is 5.96. The Morgan fingerprint density at radius 2 is 1.82 bits per heavy atom. The van der Waals surface area contributed by atoms with Crippen molar-refractivity contribution < 1.29 is 14.3 Å². The minimum absolute atomic E-state index is 0.0242. The molecule has 2 fully saturated rings. The number of benzene rings is 2. The van der Waals surface area contributed by atoms with E-state index in [-0.39, 0.29) is 22.8 Å². The highest BCUT2D eigenvalue weighted by Crippen LogP contribution is 2.62. The van der Waals surface area contributed by atoms with E-state index < -0.39 is 0 Å². The van der Waals surface area contributed by atoms with Crippen LogP contribution in [0, 0.1) is 23.7 Å². The molecule has 1 heterocycles. The fraction of sp³-hybridized carbons (Fsp3) is 0.483. The molecule has 1 N–H and O–H groups in total. The van der Waals surface area contributed by atoms with E-state index in [2.05, 4.69) is 42.8 Å². The molecule has 2 aromatic carbocycles. The Morgan fingerprint density at radius 1 is 1.09 bits per heavy atom. The topological polar surface area (TPSA) is 52.5 Å².